The Bertz CT molecular complexity index is 452. The van der Waals surface area contributed by atoms with Gasteiger partial charge in [-0.2, -0.15) is 0 Å². The predicted octanol–water partition coefficient (Wildman–Crippen LogP) is 3.93. The normalized spacial score (nSPS) is 11.9. The lowest BCUT2D eigenvalue weighted by atomic mass is 10.2. The first-order chi connectivity index (χ1) is 8.57. The number of carbonyl (C=O) groups is 1. The van der Waals surface area contributed by atoms with Crippen LogP contribution in [0.2, 0.25) is 0 Å². The number of carbonyl (C=O) groups excluding carboxylic acids is 1. The number of hydrogen-bond acceptors (Lipinski definition) is 3. The molecule has 0 aromatic heterocycles. The Hall–Kier alpha value is -1.92. The second-order valence-electron chi connectivity index (χ2n) is 4.67. The van der Waals surface area contributed by atoms with Crippen molar-refractivity contribution in [1.82, 2.24) is 0 Å². The second-order valence-corrected chi connectivity index (χ2v) is 4.67. The molecule has 0 saturated carbocycles. The van der Waals surface area contributed by atoms with Gasteiger partial charge >= 0.3 is 12.5 Å². The molecule has 0 aliphatic rings. The van der Waals surface area contributed by atoms with Crippen LogP contribution in [0.3, 0.4) is 0 Å². The van der Waals surface area contributed by atoms with Crippen molar-refractivity contribution in [2.45, 2.75) is 32.7 Å². The van der Waals surface area contributed by atoms with Crippen molar-refractivity contribution in [3.8, 4) is 5.75 Å². The molecule has 0 fully saturated rings. The Morgan fingerprint density at radius 1 is 1.16 bits per heavy atom. The summed E-state index contributed by atoms with van der Waals surface area (Å²) in [5, 5.41) is 2.20. The van der Waals surface area contributed by atoms with Crippen LogP contribution in [-0.2, 0) is 4.74 Å². The highest BCUT2D eigenvalue weighted by molar-refractivity contribution is 5.86. The van der Waals surface area contributed by atoms with Crippen molar-refractivity contribution >= 4 is 11.8 Å². The molecule has 106 valence electrons. The van der Waals surface area contributed by atoms with Crippen LogP contribution < -0.4 is 10.1 Å². The van der Waals surface area contributed by atoms with E-state index in [1.807, 2.05) is 0 Å². The molecule has 19 heavy (non-hydrogen) atoms. The van der Waals surface area contributed by atoms with Gasteiger partial charge in [0.05, 0.1) is 5.69 Å². The van der Waals surface area contributed by atoms with Crippen LogP contribution in [0.15, 0.2) is 24.3 Å². The van der Waals surface area contributed by atoms with Gasteiger partial charge in [0.25, 0.3) is 0 Å². The van der Waals surface area contributed by atoms with E-state index in [0.29, 0.717) is 0 Å². The van der Waals surface area contributed by atoms with E-state index in [9.17, 15) is 18.0 Å². The van der Waals surface area contributed by atoms with Crippen LogP contribution >= 0.6 is 0 Å². The summed E-state index contributed by atoms with van der Waals surface area (Å²) in [6, 6.07) is 5.21. The number of halogens is 3. The van der Waals surface area contributed by atoms with E-state index in [1.54, 1.807) is 20.8 Å². The van der Waals surface area contributed by atoms with E-state index in [0.717, 1.165) is 6.07 Å². The van der Waals surface area contributed by atoms with E-state index in [1.165, 1.54) is 18.2 Å². The Morgan fingerprint density at radius 3 is 2.26 bits per heavy atom. The SMILES string of the molecule is CC(C)(C)OC(=O)Nc1ccccc1OC(F)(F)F. The van der Waals surface area contributed by atoms with Crippen molar-refractivity contribution in [2.75, 3.05) is 5.32 Å². The third kappa shape index (κ3) is 5.98. The van der Waals surface area contributed by atoms with Crippen molar-refractivity contribution in [1.29, 1.82) is 0 Å². The Labute approximate surface area is 108 Å². The summed E-state index contributed by atoms with van der Waals surface area (Å²) >= 11 is 0. The number of para-hydroxylation sites is 2. The highest BCUT2D eigenvalue weighted by atomic mass is 19.4. The van der Waals surface area contributed by atoms with Crippen molar-refractivity contribution < 1.29 is 27.4 Å². The molecule has 1 amide bonds. The molecule has 0 aliphatic carbocycles. The third-order valence-electron chi connectivity index (χ3n) is 1.75. The summed E-state index contributed by atoms with van der Waals surface area (Å²) in [5.41, 5.74) is -0.863. The molecule has 0 radical (unpaired) electrons. The average Bonchev–Trinajstić information content (AvgIpc) is 2.15. The number of nitrogens with one attached hydrogen (secondary N) is 1. The van der Waals surface area contributed by atoms with Crippen LogP contribution in [0, 0.1) is 0 Å². The standard InChI is InChI=1S/C12H14F3NO3/c1-11(2,3)19-10(17)16-8-6-4-5-7-9(8)18-12(13,14)15/h4-7H,1-3H3,(H,16,17). The second kappa shape index (κ2) is 5.38. The summed E-state index contributed by atoms with van der Waals surface area (Å²) in [6.07, 6.45) is -5.68. The molecule has 0 saturated heterocycles. The van der Waals surface area contributed by atoms with Gasteiger partial charge in [-0.1, -0.05) is 12.1 Å². The van der Waals surface area contributed by atoms with E-state index >= 15 is 0 Å². The number of alkyl halides is 3. The molecule has 1 aromatic rings. The Balaban J connectivity index is 2.81. The lowest BCUT2D eigenvalue weighted by molar-refractivity contribution is -0.274. The van der Waals surface area contributed by atoms with Crippen LogP contribution in [0.25, 0.3) is 0 Å². The van der Waals surface area contributed by atoms with Gasteiger partial charge in [-0.15, -0.1) is 13.2 Å². The maximum atomic E-state index is 12.2. The quantitative estimate of drug-likeness (QED) is 0.890. The first-order valence-corrected chi connectivity index (χ1v) is 5.41. The van der Waals surface area contributed by atoms with Gasteiger partial charge in [-0.3, -0.25) is 5.32 Å². The zero-order valence-electron chi connectivity index (χ0n) is 10.7. The minimum Gasteiger partial charge on any atom is -0.444 e. The topological polar surface area (TPSA) is 47.6 Å². The number of benzene rings is 1. The van der Waals surface area contributed by atoms with Gasteiger partial charge in [0, 0.05) is 0 Å². The zero-order chi connectivity index (χ0) is 14.7. The molecule has 1 aromatic carbocycles. The van der Waals surface area contributed by atoms with E-state index < -0.39 is 23.8 Å². The lowest BCUT2D eigenvalue weighted by Gasteiger charge is -2.20. The monoisotopic (exact) mass is 277 g/mol. The summed E-state index contributed by atoms with van der Waals surface area (Å²) in [4.78, 5) is 11.5. The minimum absolute atomic E-state index is 0.117. The molecule has 0 unspecified atom stereocenters. The largest absolute Gasteiger partial charge is 0.573 e. The van der Waals surface area contributed by atoms with E-state index in [4.69, 9.17) is 4.74 Å². The molecule has 0 spiro atoms. The lowest BCUT2D eigenvalue weighted by Crippen LogP contribution is -2.27. The molecule has 0 atom stereocenters. The molecular formula is C12H14F3NO3. The highest BCUT2D eigenvalue weighted by Gasteiger charge is 2.32. The van der Waals surface area contributed by atoms with Crippen LogP contribution in [0.4, 0.5) is 23.7 Å². The fourth-order valence-corrected chi connectivity index (χ4v) is 1.20. The van der Waals surface area contributed by atoms with Crippen molar-refractivity contribution in [3.05, 3.63) is 24.3 Å². The Kier molecular flexibility index (Phi) is 4.28. The van der Waals surface area contributed by atoms with Gasteiger partial charge in [-0.05, 0) is 32.9 Å². The number of hydrogen-bond donors (Lipinski definition) is 1. The Morgan fingerprint density at radius 2 is 1.74 bits per heavy atom. The van der Waals surface area contributed by atoms with Gasteiger partial charge in [0.2, 0.25) is 0 Å². The number of anilines is 1. The van der Waals surface area contributed by atoms with Crippen molar-refractivity contribution in [3.63, 3.8) is 0 Å². The van der Waals surface area contributed by atoms with E-state index in [-0.39, 0.29) is 5.69 Å². The minimum atomic E-state index is -4.83. The summed E-state index contributed by atoms with van der Waals surface area (Å²) in [6.45, 7) is 4.93. The first kappa shape index (κ1) is 15.1. The third-order valence-corrected chi connectivity index (χ3v) is 1.75. The average molecular weight is 277 g/mol. The molecule has 0 heterocycles. The molecule has 4 nitrogen and oxygen atoms in total. The molecule has 1 N–H and O–H groups in total. The molecule has 0 bridgehead atoms. The van der Waals surface area contributed by atoms with Crippen LogP contribution in [0.1, 0.15) is 20.8 Å². The molecule has 1 rings (SSSR count). The first-order valence-electron chi connectivity index (χ1n) is 5.41. The predicted molar refractivity (Wildman–Crippen MR) is 63.0 cm³/mol. The molecular weight excluding hydrogens is 263 g/mol. The summed E-state index contributed by atoms with van der Waals surface area (Å²) in [5.74, 6) is -0.499. The number of amides is 1. The van der Waals surface area contributed by atoms with Gasteiger partial charge < -0.3 is 9.47 Å². The van der Waals surface area contributed by atoms with Gasteiger partial charge in [0.1, 0.15) is 5.60 Å². The number of rotatable bonds is 2. The molecule has 7 heteroatoms. The maximum absolute atomic E-state index is 12.2. The van der Waals surface area contributed by atoms with E-state index in [2.05, 4.69) is 10.1 Å². The molecule has 0 aliphatic heterocycles. The van der Waals surface area contributed by atoms with Crippen LogP contribution in [-0.4, -0.2) is 18.1 Å². The fourth-order valence-electron chi connectivity index (χ4n) is 1.20. The highest BCUT2D eigenvalue weighted by Crippen LogP contribution is 2.30. The van der Waals surface area contributed by atoms with Crippen molar-refractivity contribution in [2.24, 2.45) is 0 Å². The fraction of sp³-hybridized carbons (Fsp3) is 0.417. The maximum Gasteiger partial charge on any atom is 0.573 e. The van der Waals surface area contributed by atoms with Crippen LogP contribution in [0.5, 0.6) is 5.75 Å². The van der Waals surface area contributed by atoms with Gasteiger partial charge in [-0.25, -0.2) is 4.79 Å². The smallest absolute Gasteiger partial charge is 0.444 e. The summed E-state index contributed by atoms with van der Waals surface area (Å²) < 4.78 is 45.2. The summed E-state index contributed by atoms with van der Waals surface area (Å²) in [7, 11) is 0. The number of ether oxygens (including phenoxy) is 2. The van der Waals surface area contributed by atoms with Gasteiger partial charge in [0.15, 0.2) is 5.75 Å². The zero-order valence-corrected chi connectivity index (χ0v) is 10.7.